The maximum absolute atomic E-state index is 12.1. The second-order valence-corrected chi connectivity index (χ2v) is 10.2. The monoisotopic (exact) mass is 534 g/mol. The predicted octanol–water partition coefficient (Wildman–Crippen LogP) is 3.24. The Hall–Kier alpha value is -3.96. The Bertz CT molecular complexity index is 1360. The van der Waals surface area contributed by atoms with Gasteiger partial charge in [-0.3, -0.25) is 4.79 Å². The Kier molecular flexibility index (Phi) is 8.51. The van der Waals surface area contributed by atoms with E-state index in [2.05, 4.69) is 40.5 Å². The molecule has 1 aliphatic heterocycles. The van der Waals surface area contributed by atoms with Gasteiger partial charge in [0.15, 0.2) is 5.82 Å². The molecule has 0 atom stereocenters. The van der Waals surface area contributed by atoms with Gasteiger partial charge in [-0.05, 0) is 33.0 Å². The SMILES string of the molecule is C=C(C(N)=O)c1cc(Nc2ncc(C)c(-n3cc(CN(C)C)c(C(C)C)n3)n2)c(OC)cc1N1CCOCC1. The number of carbonyl (C=O) groups is 1. The number of ether oxygens (including phenoxy) is 2. The van der Waals surface area contributed by atoms with E-state index in [1.807, 2.05) is 38.0 Å². The molecule has 0 bridgehead atoms. The van der Waals surface area contributed by atoms with E-state index in [0.29, 0.717) is 55.1 Å². The van der Waals surface area contributed by atoms with Gasteiger partial charge in [-0.15, -0.1) is 0 Å². The van der Waals surface area contributed by atoms with Gasteiger partial charge < -0.3 is 30.3 Å². The maximum Gasteiger partial charge on any atom is 0.248 e. The van der Waals surface area contributed by atoms with E-state index in [1.165, 1.54) is 0 Å². The molecule has 0 radical (unpaired) electrons. The lowest BCUT2D eigenvalue weighted by atomic mass is 10.0. The molecule has 1 saturated heterocycles. The summed E-state index contributed by atoms with van der Waals surface area (Å²) in [6.07, 6.45) is 3.78. The number of primary amides is 1. The van der Waals surface area contributed by atoms with Crippen molar-refractivity contribution in [3.05, 3.63) is 53.5 Å². The van der Waals surface area contributed by atoms with Gasteiger partial charge in [0.25, 0.3) is 0 Å². The standard InChI is InChI=1S/C28H38N8O3/c1-17(2)25-20(15-34(5)6)16-36(33-25)27-18(3)14-30-28(32-27)31-22-12-21(19(4)26(29)37)23(13-24(22)38-7)35-8-10-39-11-9-35/h12-14,16-17H,4,8-11,15H2,1-3,5-7H3,(H2,29,37)(H,30,31,32). The van der Waals surface area contributed by atoms with Crippen LogP contribution < -0.4 is 20.7 Å². The highest BCUT2D eigenvalue weighted by Gasteiger charge is 2.22. The van der Waals surface area contributed by atoms with E-state index in [1.54, 1.807) is 19.4 Å². The van der Waals surface area contributed by atoms with Crippen molar-refractivity contribution in [3.8, 4) is 11.6 Å². The van der Waals surface area contributed by atoms with Gasteiger partial charge in [-0.1, -0.05) is 20.4 Å². The number of nitrogens with zero attached hydrogens (tertiary/aromatic N) is 6. The van der Waals surface area contributed by atoms with Crippen LogP contribution in [0.2, 0.25) is 0 Å². The first-order valence-electron chi connectivity index (χ1n) is 13.0. The fourth-order valence-electron chi connectivity index (χ4n) is 4.60. The Morgan fingerprint density at radius 1 is 1.28 bits per heavy atom. The number of hydrogen-bond donors (Lipinski definition) is 2. The van der Waals surface area contributed by atoms with Crippen molar-refractivity contribution < 1.29 is 14.3 Å². The fraction of sp³-hybridized carbons (Fsp3) is 0.429. The topological polar surface area (TPSA) is 124 Å². The summed E-state index contributed by atoms with van der Waals surface area (Å²) in [6.45, 7) is 13.5. The predicted molar refractivity (Wildman–Crippen MR) is 153 cm³/mol. The minimum atomic E-state index is -0.595. The first-order valence-corrected chi connectivity index (χ1v) is 13.0. The summed E-state index contributed by atoms with van der Waals surface area (Å²) in [5.74, 6) is 1.27. The number of nitrogens with two attached hydrogens (primary N) is 1. The van der Waals surface area contributed by atoms with Gasteiger partial charge in [0, 0.05) is 66.0 Å². The van der Waals surface area contributed by atoms with Crippen molar-refractivity contribution in [3.63, 3.8) is 0 Å². The molecule has 0 saturated carbocycles. The Morgan fingerprint density at radius 2 is 2.00 bits per heavy atom. The number of rotatable bonds is 10. The van der Waals surface area contributed by atoms with Crippen LogP contribution in [-0.2, 0) is 16.1 Å². The van der Waals surface area contributed by atoms with Crippen molar-refractivity contribution in [1.29, 1.82) is 0 Å². The van der Waals surface area contributed by atoms with E-state index >= 15 is 0 Å². The zero-order valence-corrected chi connectivity index (χ0v) is 23.6. The molecule has 1 amide bonds. The normalized spacial score (nSPS) is 13.7. The Morgan fingerprint density at radius 3 is 2.62 bits per heavy atom. The molecule has 39 heavy (non-hydrogen) atoms. The molecule has 11 heteroatoms. The van der Waals surface area contributed by atoms with Crippen LogP contribution in [0.15, 0.2) is 31.1 Å². The molecule has 3 N–H and O–H groups in total. The van der Waals surface area contributed by atoms with Gasteiger partial charge in [-0.2, -0.15) is 10.1 Å². The van der Waals surface area contributed by atoms with Crippen molar-refractivity contribution in [2.45, 2.75) is 33.2 Å². The van der Waals surface area contributed by atoms with Crippen LogP contribution >= 0.6 is 0 Å². The lowest BCUT2D eigenvalue weighted by molar-refractivity contribution is -0.112. The number of anilines is 3. The van der Waals surface area contributed by atoms with Crippen molar-refractivity contribution in [2.24, 2.45) is 5.73 Å². The average Bonchev–Trinajstić information content (AvgIpc) is 3.32. The second kappa shape index (κ2) is 11.8. The summed E-state index contributed by atoms with van der Waals surface area (Å²) in [5, 5.41) is 8.13. The van der Waals surface area contributed by atoms with Crippen LogP contribution in [0, 0.1) is 6.92 Å². The zero-order chi connectivity index (χ0) is 28.3. The smallest absolute Gasteiger partial charge is 0.248 e. The van der Waals surface area contributed by atoms with E-state index in [-0.39, 0.29) is 11.5 Å². The number of nitrogens with one attached hydrogen (secondary N) is 1. The lowest BCUT2D eigenvalue weighted by Crippen LogP contribution is -2.37. The summed E-state index contributed by atoms with van der Waals surface area (Å²) in [4.78, 5) is 25.7. The molecular formula is C28H38N8O3. The molecule has 0 spiro atoms. The molecule has 11 nitrogen and oxygen atoms in total. The highest BCUT2D eigenvalue weighted by Crippen LogP contribution is 2.38. The summed E-state index contributed by atoms with van der Waals surface area (Å²) < 4.78 is 13.0. The number of carbonyl (C=O) groups excluding carboxylic acids is 1. The van der Waals surface area contributed by atoms with E-state index in [4.69, 9.17) is 25.3 Å². The van der Waals surface area contributed by atoms with Gasteiger partial charge >= 0.3 is 0 Å². The minimum Gasteiger partial charge on any atom is -0.494 e. The number of aromatic nitrogens is 4. The van der Waals surface area contributed by atoms with Crippen molar-refractivity contribution >= 4 is 28.8 Å². The van der Waals surface area contributed by atoms with Crippen LogP contribution in [-0.4, -0.2) is 78.1 Å². The minimum absolute atomic E-state index is 0.207. The number of benzene rings is 1. The molecule has 208 valence electrons. The van der Waals surface area contributed by atoms with Crippen LogP contribution in [0.1, 0.15) is 42.1 Å². The van der Waals surface area contributed by atoms with E-state index in [0.717, 1.165) is 29.1 Å². The summed E-state index contributed by atoms with van der Waals surface area (Å²) >= 11 is 0. The quantitative estimate of drug-likeness (QED) is 0.377. The van der Waals surface area contributed by atoms with Gasteiger partial charge in [0.1, 0.15) is 5.75 Å². The molecule has 0 unspecified atom stereocenters. The van der Waals surface area contributed by atoms with Gasteiger partial charge in [-0.25, -0.2) is 9.67 Å². The largest absolute Gasteiger partial charge is 0.494 e. The average molecular weight is 535 g/mol. The highest BCUT2D eigenvalue weighted by molar-refractivity contribution is 6.19. The van der Waals surface area contributed by atoms with Gasteiger partial charge in [0.2, 0.25) is 11.9 Å². The number of amides is 1. The van der Waals surface area contributed by atoms with Crippen LogP contribution in [0.25, 0.3) is 11.4 Å². The fourth-order valence-corrected chi connectivity index (χ4v) is 4.60. The van der Waals surface area contributed by atoms with Crippen molar-refractivity contribution in [2.75, 3.05) is 57.7 Å². The molecule has 4 rings (SSSR count). The summed E-state index contributed by atoms with van der Waals surface area (Å²) in [5.41, 5.74) is 10.9. The third kappa shape index (κ3) is 6.21. The molecule has 3 heterocycles. The van der Waals surface area contributed by atoms with Gasteiger partial charge in [0.05, 0.1) is 31.7 Å². The lowest BCUT2D eigenvalue weighted by Gasteiger charge is -2.31. The third-order valence-electron chi connectivity index (χ3n) is 6.56. The number of aryl methyl sites for hydroxylation is 1. The molecule has 2 aromatic heterocycles. The summed E-state index contributed by atoms with van der Waals surface area (Å²) in [7, 11) is 5.67. The molecule has 3 aromatic rings. The third-order valence-corrected chi connectivity index (χ3v) is 6.56. The highest BCUT2D eigenvalue weighted by atomic mass is 16.5. The van der Waals surface area contributed by atoms with Crippen LogP contribution in [0.3, 0.4) is 0 Å². The van der Waals surface area contributed by atoms with Crippen molar-refractivity contribution in [1.82, 2.24) is 24.6 Å². The Balaban J connectivity index is 1.74. The molecule has 1 aliphatic rings. The first-order chi connectivity index (χ1) is 18.6. The number of morpholine rings is 1. The molecule has 0 aliphatic carbocycles. The molecular weight excluding hydrogens is 496 g/mol. The van der Waals surface area contributed by atoms with Crippen LogP contribution in [0.5, 0.6) is 5.75 Å². The summed E-state index contributed by atoms with van der Waals surface area (Å²) in [6, 6.07) is 3.68. The maximum atomic E-state index is 12.1. The molecule has 1 fully saturated rings. The van der Waals surface area contributed by atoms with E-state index < -0.39 is 5.91 Å². The van der Waals surface area contributed by atoms with Crippen LogP contribution in [0.4, 0.5) is 17.3 Å². The zero-order valence-electron chi connectivity index (χ0n) is 23.6. The Labute approximate surface area is 229 Å². The molecule has 1 aromatic carbocycles. The number of methoxy groups -OCH3 is 1. The number of hydrogen-bond acceptors (Lipinski definition) is 9. The van der Waals surface area contributed by atoms with E-state index in [9.17, 15) is 4.79 Å². The second-order valence-electron chi connectivity index (χ2n) is 10.2. The first kappa shape index (κ1) is 28.1.